The molecule has 0 bridgehead atoms. The second-order valence-electron chi connectivity index (χ2n) is 6.95. The average molecular weight is 408 g/mol. The summed E-state index contributed by atoms with van der Waals surface area (Å²) in [5.41, 5.74) is 3.60. The van der Waals surface area contributed by atoms with Gasteiger partial charge in [0.25, 0.3) is 5.91 Å². The Morgan fingerprint density at radius 3 is 2.83 bits per heavy atom. The molecule has 2 aliphatic rings. The zero-order valence-electron chi connectivity index (χ0n) is 17.1. The monoisotopic (exact) mass is 408 g/mol. The molecule has 1 aromatic carbocycles. The molecule has 0 saturated carbocycles. The summed E-state index contributed by atoms with van der Waals surface area (Å²) in [6, 6.07) is 9.06. The van der Waals surface area contributed by atoms with Gasteiger partial charge in [-0.2, -0.15) is 0 Å². The molecule has 0 aliphatic carbocycles. The molecule has 1 fully saturated rings. The van der Waals surface area contributed by atoms with Crippen molar-refractivity contribution < 1.29 is 24.2 Å². The highest BCUT2D eigenvalue weighted by Gasteiger charge is 2.26. The number of esters is 1. The van der Waals surface area contributed by atoms with Gasteiger partial charge in [0, 0.05) is 31.1 Å². The lowest BCUT2D eigenvalue weighted by Gasteiger charge is -2.10. The van der Waals surface area contributed by atoms with E-state index in [1.54, 1.807) is 26.1 Å². The number of aromatic nitrogens is 1. The topological polar surface area (TPSA) is 89.0 Å². The fourth-order valence-electron chi connectivity index (χ4n) is 3.29. The fourth-order valence-corrected chi connectivity index (χ4v) is 3.29. The van der Waals surface area contributed by atoms with Gasteiger partial charge in [-0.15, -0.1) is 6.42 Å². The molecule has 7 heteroatoms. The summed E-state index contributed by atoms with van der Waals surface area (Å²) in [4.78, 5) is 28.3. The van der Waals surface area contributed by atoms with Crippen molar-refractivity contribution in [3.8, 4) is 29.4 Å². The van der Waals surface area contributed by atoms with Crippen LogP contribution in [-0.4, -0.2) is 59.8 Å². The van der Waals surface area contributed by atoms with Gasteiger partial charge in [-0.3, -0.25) is 4.79 Å². The second-order valence-corrected chi connectivity index (χ2v) is 6.95. The van der Waals surface area contributed by atoms with Crippen LogP contribution in [0.2, 0.25) is 0 Å². The van der Waals surface area contributed by atoms with E-state index >= 15 is 0 Å². The molecular weight excluding hydrogens is 384 g/mol. The Hall–Kier alpha value is -3.37. The van der Waals surface area contributed by atoms with E-state index in [9.17, 15) is 9.59 Å². The van der Waals surface area contributed by atoms with Gasteiger partial charge in [0.1, 0.15) is 17.5 Å². The average Bonchev–Trinajstić information content (AvgIpc) is 3.35. The Labute approximate surface area is 175 Å². The summed E-state index contributed by atoms with van der Waals surface area (Å²) in [5.74, 6) is 2.86. The number of fused-ring (bicyclic) bond motifs is 1. The highest BCUT2D eigenvalue weighted by molar-refractivity contribution is 5.88. The maximum Gasteiger partial charge on any atom is 0.356 e. The van der Waals surface area contributed by atoms with Crippen LogP contribution in [0.4, 0.5) is 0 Å². The Kier molecular flexibility index (Phi) is 6.70. The summed E-state index contributed by atoms with van der Waals surface area (Å²) < 4.78 is 10.7. The number of hydrogen-bond donors (Lipinski definition) is 1. The molecule has 4 rings (SSSR count). The zero-order chi connectivity index (χ0) is 21.7. The van der Waals surface area contributed by atoms with Gasteiger partial charge in [-0.05, 0) is 43.2 Å². The lowest BCUT2D eigenvalue weighted by atomic mass is 10.0. The van der Waals surface area contributed by atoms with Crippen LogP contribution in [0.25, 0.3) is 11.3 Å². The van der Waals surface area contributed by atoms with Crippen LogP contribution in [0.3, 0.4) is 0 Å². The van der Waals surface area contributed by atoms with Crippen LogP contribution in [0.5, 0.6) is 5.75 Å². The molecule has 156 valence electrons. The SMILES string of the molecule is C#Cc1cc2c(c(-c3cccc(C(=O)OCC)n3)c1)OCC2.CN1CCC(O)C1=O. The van der Waals surface area contributed by atoms with Gasteiger partial charge in [0.05, 0.1) is 18.9 Å². The lowest BCUT2D eigenvalue weighted by molar-refractivity contribution is -0.133. The fraction of sp³-hybridized carbons (Fsp3) is 0.348. The Morgan fingerprint density at radius 1 is 1.43 bits per heavy atom. The first-order valence-electron chi connectivity index (χ1n) is 9.78. The molecule has 1 N–H and O–H groups in total. The first-order valence-corrected chi connectivity index (χ1v) is 9.78. The van der Waals surface area contributed by atoms with E-state index in [4.69, 9.17) is 21.0 Å². The third kappa shape index (κ3) is 4.61. The minimum absolute atomic E-state index is 0.148. The largest absolute Gasteiger partial charge is 0.492 e. The predicted molar refractivity (Wildman–Crippen MR) is 111 cm³/mol. The third-order valence-corrected chi connectivity index (χ3v) is 4.86. The number of ether oxygens (including phenoxy) is 2. The number of terminal acetylenes is 1. The summed E-state index contributed by atoms with van der Waals surface area (Å²) in [5, 5.41) is 8.78. The number of carbonyl (C=O) groups is 2. The standard InChI is InChI=1S/C18H15NO3.C5H9NO2/c1-3-12-10-13-8-9-22-17(13)14(11-12)15-6-5-7-16(19-15)18(20)21-4-2;1-6-3-2-4(7)5(6)8/h1,5-7,10-11H,4,8-9H2,2H3;4,7H,2-3H2,1H3. The van der Waals surface area contributed by atoms with E-state index < -0.39 is 12.1 Å². The number of pyridine rings is 1. The van der Waals surface area contributed by atoms with Crippen LogP contribution in [0, 0.1) is 12.3 Å². The van der Waals surface area contributed by atoms with Crippen molar-refractivity contribution in [2.24, 2.45) is 0 Å². The summed E-state index contributed by atoms with van der Waals surface area (Å²) >= 11 is 0. The highest BCUT2D eigenvalue weighted by atomic mass is 16.5. The van der Waals surface area contributed by atoms with Gasteiger partial charge in [0.2, 0.25) is 0 Å². The van der Waals surface area contributed by atoms with Crippen molar-refractivity contribution >= 4 is 11.9 Å². The number of benzene rings is 1. The van der Waals surface area contributed by atoms with Crippen LogP contribution in [-0.2, 0) is 16.0 Å². The zero-order valence-corrected chi connectivity index (χ0v) is 17.1. The van der Waals surface area contributed by atoms with Crippen molar-refractivity contribution in [2.45, 2.75) is 25.9 Å². The number of rotatable bonds is 3. The van der Waals surface area contributed by atoms with Crippen molar-refractivity contribution in [2.75, 3.05) is 26.8 Å². The van der Waals surface area contributed by atoms with E-state index in [1.807, 2.05) is 18.2 Å². The molecule has 30 heavy (non-hydrogen) atoms. The summed E-state index contributed by atoms with van der Waals surface area (Å²) in [6.07, 6.45) is 6.22. The normalized spacial score (nSPS) is 16.8. The van der Waals surface area contributed by atoms with E-state index in [2.05, 4.69) is 10.9 Å². The van der Waals surface area contributed by atoms with Gasteiger partial charge in [-0.25, -0.2) is 9.78 Å². The first kappa shape index (κ1) is 21.3. The quantitative estimate of drug-likeness (QED) is 0.618. The van der Waals surface area contributed by atoms with Crippen molar-refractivity contribution in [1.82, 2.24) is 9.88 Å². The number of aliphatic hydroxyl groups excluding tert-OH is 1. The molecule has 0 radical (unpaired) electrons. The molecule has 0 spiro atoms. The number of hydrogen-bond acceptors (Lipinski definition) is 6. The Bertz CT molecular complexity index is 984. The molecule has 1 amide bonds. The van der Waals surface area contributed by atoms with Crippen LogP contribution in [0.1, 0.15) is 35.0 Å². The predicted octanol–water partition coefficient (Wildman–Crippen LogP) is 2.05. The van der Waals surface area contributed by atoms with Gasteiger partial charge in [0.15, 0.2) is 0 Å². The molecule has 2 aliphatic heterocycles. The molecule has 7 nitrogen and oxygen atoms in total. The molecule has 2 aromatic rings. The number of aliphatic hydroxyl groups is 1. The van der Waals surface area contributed by atoms with E-state index in [-0.39, 0.29) is 11.6 Å². The summed E-state index contributed by atoms with van der Waals surface area (Å²) in [7, 11) is 1.69. The molecule has 1 saturated heterocycles. The van der Waals surface area contributed by atoms with Gasteiger partial charge < -0.3 is 19.5 Å². The molecule has 3 heterocycles. The first-order chi connectivity index (χ1) is 14.4. The maximum absolute atomic E-state index is 11.8. The molecular formula is C23H24N2O5. The number of likely N-dealkylation sites (N-methyl/N-ethyl adjacent to an activating group) is 1. The van der Waals surface area contributed by atoms with E-state index in [0.29, 0.717) is 31.9 Å². The third-order valence-electron chi connectivity index (χ3n) is 4.86. The van der Waals surface area contributed by atoms with Crippen LogP contribution in [0.15, 0.2) is 30.3 Å². The molecule has 1 unspecified atom stereocenters. The molecule has 1 atom stereocenters. The van der Waals surface area contributed by atoms with Crippen molar-refractivity contribution in [1.29, 1.82) is 0 Å². The molecule has 1 aromatic heterocycles. The number of amides is 1. The Morgan fingerprint density at radius 2 is 2.23 bits per heavy atom. The minimum Gasteiger partial charge on any atom is -0.492 e. The lowest BCUT2D eigenvalue weighted by Crippen LogP contribution is -2.24. The van der Waals surface area contributed by atoms with Crippen molar-refractivity contribution in [3.05, 3.63) is 47.2 Å². The van der Waals surface area contributed by atoms with Crippen LogP contribution >= 0.6 is 0 Å². The number of likely N-dealkylation sites (tertiary alicyclic amines) is 1. The Balaban J connectivity index is 0.000000269. The number of carbonyl (C=O) groups excluding carboxylic acids is 2. The van der Waals surface area contributed by atoms with Gasteiger partial charge in [-0.1, -0.05) is 12.0 Å². The maximum atomic E-state index is 11.8. The highest BCUT2D eigenvalue weighted by Crippen LogP contribution is 2.37. The summed E-state index contributed by atoms with van der Waals surface area (Å²) in [6.45, 7) is 3.41. The van der Waals surface area contributed by atoms with Crippen molar-refractivity contribution in [3.63, 3.8) is 0 Å². The van der Waals surface area contributed by atoms with E-state index in [1.165, 1.54) is 4.90 Å². The van der Waals surface area contributed by atoms with Crippen LogP contribution < -0.4 is 4.74 Å². The van der Waals surface area contributed by atoms with Gasteiger partial charge >= 0.3 is 5.97 Å². The number of nitrogens with zero attached hydrogens (tertiary/aromatic N) is 2. The van der Waals surface area contributed by atoms with E-state index in [0.717, 1.165) is 28.9 Å². The minimum atomic E-state index is -0.722. The smallest absolute Gasteiger partial charge is 0.356 e. The second kappa shape index (κ2) is 9.42.